The van der Waals surface area contributed by atoms with E-state index < -0.39 is 0 Å². The zero-order chi connectivity index (χ0) is 14.5. The van der Waals surface area contributed by atoms with Crippen molar-refractivity contribution in [2.75, 3.05) is 40.9 Å². The minimum absolute atomic E-state index is 0. The number of nitrogens with zero attached hydrogens (tertiary/aromatic N) is 2. The molecule has 0 aliphatic carbocycles. The molecule has 0 radical (unpaired) electrons. The van der Waals surface area contributed by atoms with E-state index in [1.807, 2.05) is 6.92 Å². The van der Waals surface area contributed by atoms with E-state index >= 15 is 0 Å². The van der Waals surface area contributed by atoms with Gasteiger partial charge < -0.3 is 20.7 Å². The van der Waals surface area contributed by atoms with E-state index in [0.717, 1.165) is 13.0 Å². The monoisotopic (exact) mass is 400 g/mol. The molecule has 6 heteroatoms. The Balaban J connectivity index is 0. The molecule has 0 bridgehead atoms. The molecular weight excluding hydrogens is 367 g/mol. The van der Waals surface area contributed by atoms with Crippen LogP contribution >= 0.6 is 24.0 Å². The van der Waals surface area contributed by atoms with Gasteiger partial charge in [-0.2, -0.15) is 0 Å². The summed E-state index contributed by atoms with van der Waals surface area (Å²) in [5, 5.41) is 3.10. The number of nitrogens with two attached hydrogens (primary N) is 1. The van der Waals surface area contributed by atoms with Gasteiger partial charge in [-0.15, -0.1) is 24.0 Å². The van der Waals surface area contributed by atoms with Gasteiger partial charge in [-0.1, -0.05) is 19.3 Å². The van der Waals surface area contributed by atoms with Gasteiger partial charge in [0.05, 0.1) is 6.61 Å². The molecule has 122 valence electrons. The molecule has 1 atom stereocenters. The third-order valence-corrected chi connectivity index (χ3v) is 2.86. The van der Waals surface area contributed by atoms with Crippen LogP contribution in [0.15, 0.2) is 4.99 Å². The largest absolute Gasteiger partial charge is 0.383 e. The minimum Gasteiger partial charge on any atom is -0.383 e. The number of ether oxygens (including phenoxy) is 1. The van der Waals surface area contributed by atoms with Gasteiger partial charge in [-0.3, -0.25) is 4.99 Å². The molecule has 0 rings (SSSR count). The van der Waals surface area contributed by atoms with E-state index in [-0.39, 0.29) is 30.0 Å². The summed E-state index contributed by atoms with van der Waals surface area (Å²) >= 11 is 0. The van der Waals surface area contributed by atoms with Gasteiger partial charge in [0.25, 0.3) is 0 Å². The number of hydrogen-bond donors (Lipinski definition) is 2. The molecule has 1 unspecified atom stereocenters. The van der Waals surface area contributed by atoms with Crippen molar-refractivity contribution >= 4 is 29.9 Å². The Morgan fingerprint density at radius 1 is 1.20 bits per heavy atom. The van der Waals surface area contributed by atoms with Gasteiger partial charge in [-0.05, 0) is 40.4 Å². The van der Waals surface area contributed by atoms with Crippen molar-refractivity contribution in [3.63, 3.8) is 0 Å². The zero-order valence-electron chi connectivity index (χ0n) is 13.5. The third-order valence-electron chi connectivity index (χ3n) is 2.86. The number of nitrogens with one attached hydrogen (secondary N) is 1. The highest BCUT2D eigenvalue weighted by molar-refractivity contribution is 14.0. The van der Waals surface area contributed by atoms with Crippen molar-refractivity contribution < 1.29 is 4.74 Å². The molecule has 0 saturated carbocycles. The van der Waals surface area contributed by atoms with Crippen molar-refractivity contribution in [3.8, 4) is 0 Å². The first-order valence-electron chi connectivity index (χ1n) is 7.26. The summed E-state index contributed by atoms with van der Waals surface area (Å²) in [5.74, 6) is 0.525. The summed E-state index contributed by atoms with van der Waals surface area (Å²) in [6, 6.07) is 0.208. The molecule has 0 spiro atoms. The SMILES string of the molecule is COCC(C)NC(N)=NCCCCCCCN(C)C.I. The summed E-state index contributed by atoms with van der Waals surface area (Å²) in [6.07, 6.45) is 6.23. The molecule has 0 aromatic rings. The maximum absolute atomic E-state index is 5.78. The Labute approximate surface area is 141 Å². The lowest BCUT2D eigenvalue weighted by Crippen LogP contribution is -2.40. The molecule has 0 aromatic carbocycles. The number of hydrogen-bond acceptors (Lipinski definition) is 3. The van der Waals surface area contributed by atoms with Crippen LogP contribution in [0, 0.1) is 0 Å². The van der Waals surface area contributed by atoms with Crippen molar-refractivity contribution in [1.29, 1.82) is 0 Å². The van der Waals surface area contributed by atoms with E-state index in [0.29, 0.717) is 12.6 Å². The predicted octanol–water partition coefficient (Wildman–Crippen LogP) is 2.06. The standard InChI is InChI=1S/C14H32N4O.HI/c1-13(12-19-4)17-14(15)16-10-8-6-5-7-9-11-18(2)3;/h13H,5-12H2,1-4H3,(H3,15,16,17);1H. The van der Waals surface area contributed by atoms with E-state index in [1.165, 1.54) is 32.2 Å². The van der Waals surface area contributed by atoms with Gasteiger partial charge in [0.2, 0.25) is 0 Å². The second-order valence-electron chi connectivity index (χ2n) is 5.34. The van der Waals surface area contributed by atoms with Crippen LogP contribution in [-0.2, 0) is 4.74 Å². The summed E-state index contributed by atoms with van der Waals surface area (Å²) in [5.41, 5.74) is 5.78. The van der Waals surface area contributed by atoms with Gasteiger partial charge >= 0.3 is 0 Å². The molecule has 0 saturated heterocycles. The molecule has 0 aromatic heterocycles. The summed E-state index contributed by atoms with van der Waals surface area (Å²) in [7, 11) is 5.92. The third kappa shape index (κ3) is 16.0. The van der Waals surface area contributed by atoms with E-state index in [4.69, 9.17) is 10.5 Å². The second kappa shape index (κ2) is 15.3. The van der Waals surface area contributed by atoms with E-state index in [2.05, 4.69) is 29.3 Å². The van der Waals surface area contributed by atoms with Crippen LogP contribution in [0.3, 0.4) is 0 Å². The normalized spacial score (nSPS) is 13.2. The second-order valence-corrected chi connectivity index (χ2v) is 5.34. The van der Waals surface area contributed by atoms with Crippen molar-refractivity contribution in [1.82, 2.24) is 10.2 Å². The highest BCUT2D eigenvalue weighted by Gasteiger charge is 2.00. The topological polar surface area (TPSA) is 62.9 Å². The maximum Gasteiger partial charge on any atom is 0.188 e. The maximum atomic E-state index is 5.78. The van der Waals surface area contributed by atoms with Crippen molar-refractivity contribution in [2.45, 2.75) is 45.1 Å². The molecule has 20 heavy (non-hydrogen) atoms. The zero-order valence-corrected chi connectivity index (χ0v) is 15.9. The fourth-order valence-electron chi connectivity index (χ4n) is 1.86. The first-order chi connectivity index (χ1) is 9.06. The van der Waals surface area contributed by atoms with Gasteiger partial charge in [0, 0.05) is 19.7 Å². The van der Waals surface area contributed by atoms with Crippen LogP contribution in [0.25, 0.3) is 0 Å². The lowest BCUT2D eigenvalue weighted by Gasteiger charge is -2.13. The molecule has 5 nitrogen and oxygen atoms in total. The number of guanidine groups is 1. The molecule has 0 aliphatic rings. The van der Waals surface area contributed by atoms with Crippen LogP contribution in [0.4, 0.5) is 0 Å². The summed E-state index contributed by atoms with van der Waals surface area (Å²) in [4.78, 5) is 6.55. The molecule has 0 fully saturated rings. The Morgan fingerprint density at radius 2 is 1.80 bits per heavy atom. The average Bonchev–Trinajstić information content (AvgIpc) is 2.32. The van der Waals surface area contributed by atoms with Crippen molar-refractivity contribution in [3.05, 3.63) is 0 Å². The van der Waals surface area contributed by atoms with Crippen LogP contribution in [0.1, 0.15) is 39.0 Å². The number of rotatable bonds is 11. The van der Waals surface area contributed by atoms with Crippen LogP contribution < -0.4 is 11.1 Å². The predicted molar refractivity (Wildman–Crippen MR) is 98.0 cm³/mol. The first-order valence-corrected chi connectivity index (χ1v) is 7.26. The number of halogens is 1. The lowest BCUT2D eigenvalue weighted by atomic mass is 10.1. The average molecular weight is 400 g/mol. The van der Waals surface area contributed by atoms with Crippen LogP contribution in [0.2, 0.25) is 0 Å². The van der Waals surface area contributed by atoms with Crippen LogP contribution in [0.5, 0.6) is 0 Å². The number of unbranched alkanes of at least 4 members (excludes halogenated alkanes) is 4. The lowest BCUT2D eigenvalue weighted by molar-refractivity contribution is 0.179. The molecular formula is C14H33IN4O. The van der Waals surface area contributed by atoms with E-state index in [9.17, 15) is 0 Å². The Hall–Kier alpha value is -0.0800. The molecule has 0 aliphatic heterocycles. The summed E-state index contributed by atoms with van der Waals surface area (Å²) < 4.78 is 5.03. The fourth-order valence-corrected chi connectivity index (χ4v) is 1.86. The molecule has 0 heterocycles. The van der Waals surface area contributed by atoms with Gasteiger partial charge in [-0.25, -0.2) is 0 Å². The highest BCUT2D eigenvalue weighted by Crippen LogP contribution is 2.03. The fraction of sp³-hybridized carbons (Fsp3) is 0.929. The Kier molecular flexibility index (Phi) is 17.0. The highest BCUT2D eigenvalue weighted by atomic mass is 127. The molecule has 0 amide bonds. The Bertz CT molecular complexity index is 237. The number of aliphatic imine (C=N–C) groups is 1. The van der Waals surface area contributed by atoms with Crippen molar-refractivity contribution in [2.24, 2.45) is 10.7 Å². The first kappa shape index (κ1) is 22.2. The quantitative estimate of drug-likeness (QED) is 0.241. The minimum atomic E-state index is 0. The van der Waals surface area contributed by atoms with Gasteiger partial charge in [0.1, 0.15) is 0 Å². The van der Waals surface area contributed by atoms with Gasteiger partial charge in [0.15, 0.2) is 5.96 Å². The smallest absolute Gasteiger partial charge is 0.188 e. The van der Waals surface area contributed by atoms with Crippen LogP contribution in [-0.4, -0.2) is 57.8 Å². The Morgan fingerprint density at radius 3 is 2.40 bits per heavy atom. The molecule has 3 N–H and O–H groups in total. The van der Waals surface area contributed by atoms with E-state index in [1.54, 1.807) is 7.11 Å². The summed E-state index contributed by atoms with van der Waals surface area (Å²) in [6.45, 7) is 4.66. The number of methoxy groups -OCH3 is 1.